The zero-order valence-corrected chi connectivity index (χ0v) is 7.94. The first kappa shape index (κ1) is 12.3. The van der Waals surface area contributed by atoms with E-state index in [0.29, 0.717) is 5.57 Å². The van der Waals surface area contributed by atoms with Gasteiger partial charge in [0, 0.05) is 0 Å². The third-order valence-electron chi connectivity index (χ3n) is 0.948. The van der Waals surface area contributed by atoms with Crippen LogP contribution in [-0.2, 0) is 14.9 Å². The standard InChI is InChI=1S/C6H10F2O4S/c1-5(2)3-12-4-6(7,8)13(9,10)11/h3H,4H2,1-2H3,(H,9,10,11). The van der Waals surface area contributed by atoms with Gasteiger partial charge in [-0.2, -0.15) is 17.2 Å². The molecule has 4 nitrogen and oxygen atoms in total. The molecule has 0 bridgehead atoms. The van der Waals surface area contributed by atoms with Crippen molar-refractivity contribution in [3.63, 3.8) is 0 Å². The van der Waals surface area contributed by atoms with Gasteiger partial charge < -0.3 is 4.74 Å². The van der Waals surface area contributed by atoms with Gasteiger partial charge in [-0.25, -0.2) is 0 Å². The van der Waals surface area contributed by atoms with Crippen LogP contribution in [0.4, 0.5) is 8.78 Å². The lowest BCUT2D eigenvalue weighted by atomic mass is 10.4. The quantitative estimate of drug-likeness (QED) is 0.570. The molecule has 0 aliphatic heterocycles. The molecule has 7 heteroatoms. The summed E-state index contributed by atoms with van der Waals surface area (Å²) in [6, 6.07) is 0. The molecule has 0 aliphatic carbocycles. The van der Waals surface area contributed by atoms with E-state index < -0.39 is 22.0 Å². The first-order valence-electron chi connectivity index (χ1n) is 3.26. The summed E-state index contributed by atoms with van der Waals surface area (Å²) in [4.78, 5) is 0. The number of alkyl halides is 2. The normalized spacial score (nSPS) is 12.4. The summed E-state index contributed by atoms with van der Waals surface area (Å²) in [6.45, 7) is 1.79. The lowest BCUT2D eigenvalue weighted by molar-refractivity contribution is 0.0115. The van der Waals surface area contributed by atoms with Crippen LogP contribution in [0, 0.1) is 0 Å². The maximum Gasteiger partial charge on any atom is 0.402 e. The molecule has 0 aliphatic rings. The minimum Gasteiger partial charge on any atom is -0.494 e. The van der Waals surface area contributed by atoms with E-state index in [0.717, 1.165) is 6.26 Å². The number of rotatable bonds is 4. The van der Waals surface area contributed by atoms with Gasteiger partial charge in [0.15, 0.2) is 6.61 Å². The fourth-order valence-corrected chi connectivity index (χ4v) is 0.597. The first-order valence-corrected chi connectivity index (χ1v) is 4.70. The van der Waals surface area contributed by atoms with Gasteiger partial charge in [0.05, 0.1) is 6.26 Å². The van der Waals surface area contributed by atoms with Crippen LogP contribution in [0.3, 0.4) is 0 Å². The summed E-state index contributed by atoms with van der Waals surface area (Å²) in [5.74, 6) is 0. The van der Waals surface area contributed by atoms with E-state index in [1.54, 1.807) is 13.8 Å². The third kappa shape index (κ3) is 4.18. The number of ether oxygens (including phenoxy) is 1. The van der Waals surface area contributed by atoms with Gasteiger partial charge in [-0.05, 0) is 19.4 Å². The fraction of sp³-hybridized carbons (Fsp3) is 0.667. The maximum atomic E-state index is 12.4. The van der Waals surface area contributed by atoms with Crippen LogP contribution >= 0.6 is 0 Å². The molecule has 78 valence electrons. The highest BCUT2D eigenvalue weighted by atomic mass is 32.2. The van der Waals surface area contributed by atoms with E-state index in [1.807, 2.05) is 0 Å². The van der Waals surface area contributed by atoms with E-state index in [2.05, 4.69) is 4.74 Å². The minimum absolute atomic E-state index is 0.603. The number of hydrogen-bond donors (Lipinski definition) is 1. The van der Waals surface area contributed by atoms with Crippen molar-refractivity contribution < 1.29 is 26.5 Å². The maximum absolute atomic E-state index is 12.4. The Balaban J connectivity index is 4.30. The molecular weight excluding hydrogens is 206 g/mol. The molecule has 0 spiro atoms. The Labute approximate surface area is 74.9 Å². The monoisotopic (exact) mass is 216 g/mol. The summed E-state index contributed by atoms with van der Waals surface area (Å²) in [7, 11) is -5.39. The highest BCUT2D eigenvalue weighted by Gasteiger charge is 2.44. The second-order valence-electron chi connectivity index (χ2n) is 2.62. The van der Waals surface area contributed by atoms with Gasteiger partial charge in [0.2, 0.25) is 0 Å². The second kappa shape index (κ2) is 4.01. The molecule has 0 atom stereocenters. The Morgan fingerprint density at radius 1 is 1.54 bits per heavy atom. The Morgan fingerprint density at radius 2 is 2.00 bits per heavy atom. The molecule has 0 aromatic rings. The van der Waals surface area contributed by atoms with E-state index in [4.69, 9.17) is 4.55 Å². The first-order chi connectivity index (χ1) is 5.67. The summed E-state index contributed by atoms with van der Waals surface area (Å²) in [6.07, 6.45) is 0.985. The molecular formula is C6H10F2O4S. The molecule has 0 amide bonds. The van der Waals surface area contributed by atoms with Crippen molar-refractivity contribution in [2.45, 2.75) is 19.1 Å². The van der Waals surface area contributed by atoms with E-state index in [9.17, 15) is 17.2 Å². The number of hydrogen-bond acceptors (Lipinski definition) is 3. The number of allylic oxidation sites excluding steroid dienone is 1. The van der Waals surface area contributed by atoms with Crippen LogP contribution in [0.25, 0.3) is 0 Å². The van der Waals surface area contributed by atoms with Gasteiger partial charge in [-0.3, -0.25) is 4.55 Å². The molecule has 0 unspecified atom stereocenters. The summed E-state index contributed by atoms with van der Waals surface area (Å²) in [5.41, 5.74) is 0.603. The largest absolute Gasteiger partial charge is 0.494 e. The molecule has 0 saturated heterocycles. The van der Waals surface area contributed by atoms with Gasteiger partial charge in [0.25, 0.3) is 0 Å². The average Bonchev–Trinajstić information content (AvgIpc) is 1.82. The predicted molar refractivity (Wildman–Crippen MR) is 41.9 cm³/mol. The van der Waals surface area contributed by atoms with E-state index >= 15 is 0 Å². The fourth-order valence-electron chi connectivity index (χ4n) is 0.380. The van der Waals surface area contributed by atoms with Crippen molar-refractivity contribution in [1.29, 1.82) is 0 Å². The second-order valence-corrected chi connectivity index (χ2v) is 4.17. The average molecular weight is 216 g/mol. The van der Waals surface area contributed by atoms with Gasteiger partial charge in [-0.1, -0.05) is 0 Å². The lowest BCUT2D eigenvalue weighted by Crippen LogP contribution is -2.32. The highest BCUT2D eigenvalue weighted by molar-refractivity contribution is 7.86. The van der Waals surface area contributed by atoms with Crippen molar-refractivity contribution in [2.24, 2.45) is 0 Å². The van der Waals surface area contributed by atoms with E-state index in [-0.39, 0.29) is 0 Å². The van der Waals surface area contributed by atoms with Gasteiger partial charge in [0.1, 0.15) is 0 Å². The van der Waals surface area contributed by atoms with Crippen LogP contribution < -0.4 is 0 Å². The Hall–Kier alpha value is -0.690. The number of halogens is 2. The van der Waals surface area contributed by atoms with Crippen molar-refractivity contribution >= 4 is 10.1 Å². The van der Waals surface area contributed by atoms with Gasteiger partial charge >= 0.3 is 15.4 Å². The predicted octanol–water partition coefficient (Wildman–Crippen LogP) is 1.41. The summed E-state index contributed by atoms with van der Waals surface area (Å²) >= 11 is 0. The molecule has 0 fully saturated rings. The Bertz CT molecular complexity index is 290. The molecule has 0 aromatic heterocycles. The zero-order valence-electron chi connectivity index (χ0n) is 7.12. The van der Waals surface area contributed by atoms with Crippen molar-refractivity contribution in [3.05, 3.63) is 11.8 Å². The van der Waals surface area contributed by atoms with Crippen molar-refractivity contribution in [1.82, 2.24) is 0 Å². The molecule has 0 radical (unpaired) electrons. The molecule has 0 saturated carbocycles. The van der Waals surface area contributed by atoms with E-state index in [1.165, 1.54) is 0 Å². The molecule has 0 heterocycles. The molecule has 13 heavy (non-hydrogen) atoms. The Morgan fingerprint density at radius 3 is 2.31 bits per heavy atom. The molecule has 0 rings (SSSR count). The lowest BCUT2D eigenvalue weighted by Gasteiger charge is -2.11. The summed E-state index contributed by atoms with van der Waals surface area (Å²) < 4.78 is 57.1. The van der Waals surface area contributed by atoms with Crippen LogP contribution in [0.5, 0.6) is 0 Å². The molecule has 1 N–H and O–H groups in total. The third-order valence-corrected chi connectivity index (χ3v) is 1.82. The molecule has 0 aromatic carbocycles. The van der Waals surface area contributed by atoms with Crippen LogP contribution in [0.15, 0.2) is 11.8 Å². The SMILES string of the molecule is CC(C)=COCC(F)(F)S(=O)(=O)O. The smallest absolute Gasteiger partial charge is 0.402 e. The highest BCUT2D eigenvalue weighted by Crippen LogP contribution is 2.20. The minimum atomic E-state index is -5.39. The topological polar surface area (TPSA) is 63.6 Å². The van der Waals surface area contributed by atoms with Gasteiger partial charge in [-0.15, -0.1) is 0 Å². The zero-order chi connectivity index (χ0) is 10.7. The van der Waals surface area contributed by atoms with Crippen LogP contribution in [0.1, 0.15) is 13.8 Å². The summed E-state index contributed by atoms with van der Waals surface area (Å²) in [5, 5.41) is -4.26. The van der Waals surface area contributed by atoms with Crippen molar-refractivity contribution in [3.8, 4) is 0 Å². The van der Waals surface area contributed by atoms with Crippen LogP contribution in [-0.4, -0.2) is 24.8 Å². The van der Waals surface area contributed by atoms with Crippen molar-refractivity contribution in [2.75, 3.05) is 6.61 Å². The Kier molecular flexibility index (Phi) is 3.80. The van der Waals surface area contributed by atoms with Crippen LogP contribution in [0.2, 0.25) is 0 Å².